The molecule has 1 saturated heterocycles. The van der Waals surface area contributed by atoms with Crippen LogP contribution < -0.4 is 10.6 Å². The lowest BCUT2D eigenvalue weighted by Crippen LogP contribution is -2.28. The summed E-state index contributed by atoms with van der Waals surface area (Å²) in [5.41, 5.74) is 0. The first kappa shape index (κ1) is 12.0. The van der Waals surface area contributed by atoms with Crippen LogP contribution in [0.15, 0.2) is 18.3 Å². The number of carbonyl (C=O) groups is 1. The largest absolute Gasteiger partial charge is 0.317 e. The third-order valence-electron chi connectivity index (χ3n) is 3.08. The summed E-state index contributed by atoms with van der Waals surface area (Å²) in [5, 5.41) is 13.6. The van der Waals surface area contributed by atoms with Crippen molar-refractivity contribution >= 4 is 11.7 Å². The molecule has 0 unspecified atom stereocenters. The average molecular weight is 234 g/mol. The lowest BCUT2D eigenvalue weighted by molar-refractivity contribution is -0.116. The fraction of sp³-hybridized carbons (Fsp3) is 0.583. The Balaban J connectivity index is 1.70. The van der Waals surface area contributed by atoms with Gasteiger partial charge in [-0.05, 0) is 50.4 Å². The van der Waals surface area contributed by atoms with Crippen LogP contribution in [0.25, 0.3) is 0 Å². The van der Waals surface area contributed by atoms with Gasteiger partial charge in [0.05, 0.1) is 0 Å². The van der Waals surface area contributed by atoms with E-state index in [1.165, 1.54) is 12.8 Å². The monoisotopic (exact) mass is 234 g/mol. The van der Waals surface area contributed by atoms with Crippen molar-refractivity contribution in [2.45, 2.75) is 25.7 Å². The van der Waals surface area contributed by atoms with Gasteiger partial charge in [0.15, 0.2) is 5.82 Å². The second kappa shape index (κ2) is 6.30. The van der Waals surface area contributed by atoms with Crippen LogP contribution >= 0.6 is 0 Å². The van der Waals surface area contributed by atoms with Crippen molar-refractivity contribution in [1.82, 2.24) is 15.5 Å². The molecule has 1 aromatic heterocycles. The number of hydrogen-bond acceptors (Lipinski definition) is 4. The molecule has 17 heavy (non-hydrogen) atoms. The van der Waals surface area contributed by atoms with Gasteiger partial charge in [0.25, 0.3) is 0 Å². The van der Waals surface area contributed by atoms with Crippen molar-refractivity contribution < 1.29 is 4.79 Å². The molecule has 92 valence electrons. The molecule has 0 saturated carbocycles. The van der Waals surface area contributed by atoms with Crippen LogP contribution in [0.1, 0.15) is 25.7 Å². The average Bonchev–Trinajstić information content (AvgIpc) is 2.39. The second-order valence-corrected chi connectivity index (χ2v) is 4.39. The Morgan fingerprint density at radius 1 is 1.47 bits per heavy atom. The Bertz CT molecular complexity index is 349. The minimum Gasteiger partial charge on any atom is -0.317 e. The highest BCUT2D eigenvalue weighted by Crippen LogP contribution is 2.17. The Labute approximate surface area is 101 Å². The van der Waals surface area contributed by atoms with E-state index in [2.05, 4.69) is 20.8 Å². The molecule has 0 bridgehead atoms. The van der Waals surface area contributed by atoms with Crippen molar-refractivity contribution in [1.29, 1.82) is 0 Å². The lowest BCUT2D eigenvalue weighted by Gasteiger charge is -2.22. The van der Waals surface area contributed by atoms with Gasteiger partial charge < -0.3 is 10.6 Å². The molecule has 0 radical (unpaired) electrons. The normalized spacial score (nSPS) is 16.7. The summed E-state index contributed by atoms with van der Waals surface area (Å²) in [6.07, 6.45) is 5.48. The van der Waals surface area contributed by atoms with E-state index in [-0.39, 0.29) is 5.91 Å². The number of carbonyl (C=O) groups excluding carboxylic acids is 1. The summed E-state index contributed by atoms with van der Waals surface area (Å²) >= 11 is 0. The van der Waals surface area contributed by atoms with E-state index in [0.717, 1.165) is 19.5 Å². The first-order valence-electron chi connectivity index (χ1n) is 6.13. The second-order valence-electron chi connectivity index (χ2n) is 4.39. The molecule has 1 aliphatic rings. The smallest absolute Gasteiger partial charge is 0.225 e. The molecule has 0 aromatic carbocycles. The predicted molar refractivity (Wildman–Crippen MR) is 65.5 cm³/mol. The van der Waals surface area contributed by atoms with E-state index in [1.807, 2.05) is 0 Å². The van der Waals surface area contributed by atoms with Gasteiger partial charge in [0, 0.05) is 12.6 Å². The molecule has 2 N–H and O–H groups in total. The quantitative estimate of drug-likeness (QED) is 0.821. The summed E-state index contributed by atoms with van der Waals surface area (Å²) in [4.78, 5) is 11.7. The van der Waals surface area contributed by atoms with Crippen LogP contribution in [0.4, 0.5) is 5.82 Å². The first-order chi connectivity index (χ1) is 8.34. The fourth-order valence-corrected chi connectivity index (χ4v) is 2.08. The SMILES string of the molecule is O=C(CCC1CCNCC1)Nc1cccnn1. The number of amides is 1. The van der Waals surface area contributed by atoms with Crippen molar-refractivity contribution in [3.63, 3.8) is 0 Å². The maximum absolute atomic E-state index is 11.7. The molecule has 2 rings (SSSR count). The van der Waals surface area contributed by atoms with Gasteiger partial charge in [-0.2, -0.15) is 5.10 Å². The zero-order valence-electron chi connectivity index (χ0n) is 9.85. The Hall–Kier alpha value is -1.49. The van der Waals surface area contributed by atoms with Gasteiger partial charge >= 0.3 is 0 Å². The third-order valence-corrected chi connectivity index (χ3v) is 3.08. The molecule has 1 fully saturated rings. The third kappa shape index (κ3) is 4.11. The van der Waals surface area contributed by atoms with E-state index in [1.54, 1.807) is 18.3 Å². The van der Waals surface area contributed by atoms with Gasteiger partial charge in [0.2, 0.25) is 5.91 Å². The van der Waals surface area contributed by atoms with Gasteiger partial charge in [0.1, 0.15) is 0 Å². The van der Waals surface area contributed by atoms with Gasteiger partial charge in [-0.15, -0.1) is 5.10 Å². The number of rotatable bonds is 4. The summed E-state index contributed by atoms with van der Waals surface area (Å²) in [6.45, 7) is 2.16. The molecule has 0 spiro atoms. The molecule has 0 atom stereocenters. The van der Waals surface area contributed by atoms with Crippen molar-refractivity contribution in [3.8, 4) is 0 Å². The maximum Gasteiger partial charge on any atom is 0.225 e. The Morgan fingerprint density at radius 2 is 2.29 bits per heavy atom. The number of aromatic nitrogens is 2. The molecule has 5 nitrogen and oxygen atoms in total. The molecule has 2 heterocycles. The van der Waals surface area contributed by atoms with E-state index in [9.17, 15) is 4.79 Å². The Morgan fingerprint density at radius 3 is 3.00 bits per heavy atom. The number of hydrogen-bond donors (Lipinski definition) is 2. The van der Waals surface area contributed by atoms with Crippen LogP contribution in [0.3, 0.4) is 0 Å². The molecule has 5 heteroatoms. The minimum atomic E-state index is 0.0315. The summed E-state index contributed by atoms with van der Waals surface area (Å²) < 4.78 is 0. The van der Waals surface area contributed by atoms with Gasteiger partial charge in [-0.1, -0.05) is 0 Å². The van der Waals surface area contributed by atoms with Crippen LogP contribution in [-0.2, 0) is 4.79 Å². The van der Waals surface area contributed by atoms with Crippen LogP contribution in [-0.4, -0.2) is 29.2 Å². The number of nitrogens with one attached hydrogen (secondary N) is 2. The summed E-state index contributed by atoms with van der Waals surface area (Å²) in [5.74, 6) is 1.25. The summed E-state index contributed by atoms with van der Waals surface area (Å²) in [7, 11) is 0. The van der Waals surface area contributed by atoms with E-state index in [0.29, 0.717) is 18.2 Å². The molecule has 1 aromatic rings. The van der Waals surface area contributed by atoms with E-state index in [4.69, 9.17) is 0 Å². The number of piperidine rings is 1. The topological polar surface area (TPSA) is 66.9 Å². The van der Waals surface area contributed by atoms with Gasteiger partial charge in [-0.3, -0.25) is 4.79 Å². The van der Waals surface area contributed by atoms with Crippen LogP contribution in [0, 0.1) is 5.92 Å². The first-order valence-corrected chi connectivity index (χ1v) is 6.13. The maximum atomic E-state index is 11.7. The molecule has 0 aliphatic carbocycles. The van der Waals surface area contributed by atoms with Crippen molar-refractivity contribution in [3.05, 3.63) is 18.3 Å². The highest BCUT2D eigenvalue weighted by atomic mass is 16.1. The zero-order valence-corrected chi connectivity index (χ0v) is 9.85. The summed E-state index contributed by atoms with van der Waals surface area (Å²) in [6, 6.07) is 3.50. The highest BCUT2D eigenvalue weighted by molar-refractivity contribution is 5.89. The van der Waals surface area contributed by atoms with Gasteiger partial charge in [-0.25, -0.2) is 0 Å². The number of anilines is 1. The molecule has 1 amide bonds. The Kier molecular flexibility index (Phi) is 4.44. The molecular weight excluding hydrogens is 216 g/mol. The molecular formula is C12H18N4O. The van der Waals surface area contributed by atoms with Crippen molar-refractivity contribution in [2.75, 3.05) is 18.4 Å². The molecule has 1 aliphatic heterocycles. The highest BCUT2D eigenvalue weighted by Gasteiger charge is 2.14. The van der Waals surface area contributed by atoms with E-state index < -0.39 is 0 Å². The predicted octanol–water partition coefficient (Wildman–Crippen LogP) is 1.19. The fourth-order valence-electron chi connectivity index (χ4n) is 2.08. The van der Waals surface area contributed by atoms with Crippen LogP contribution in [0.5, 0.6) is 0 Å². The van der Waals surface area contributed by atoms with Crippen molar-refractivity contribution in [2.24, 2.45) is 5.92 Å². The number of nitrogens with zero attached hydrogens (tertiary/aromatic N) is 2. The standard InChI is InChI=1S/C12H18N4O/c17-12(15-11-2-1-7-14-16-11)4-3-10-5-8-13-9-6-10/h1-2,7,10,13H,3-6,8-9H2,(H,15,16,17). The van der Waals surface area contributed by atoms with E-state index >= 15 is 0 Å². The minimum absolute atomic E-state index is 0.0315. The van der Waals surface area contributed by atoms with Crippen LogP contribution in [0.2, 0.25) is 0 Å². The lowest BCUT2D eigenvalue weighted by atomic mass is 9.93. The zero-order chi connectivity index (χ0) is 11.9.